The molecule has 1 aromatic carbocycles. The summed E-state index contributed by atoms with van der Waals surface area (Å²) in [6, 6.07) is 4.39. The lowest BCUT2D eigenvalue weighted by Gasteiger charge is -2.65. The third-order valence-electron chi connectivity index (χ3n) is 7.42. The molecule has 2 heterocycles. The van der Waals surface area contributed by atoms with Crippen LogP contribution in [-0.4, -0.2) is 56.2 Å². The van der Waals surface area contributed by atoms with E-state index < -0.39 is 17.1 Å². The van der Waals surface area contributed by atoms with Crippen LogP contribution >= 0.6 is 0 Å². The largest absolute Gasteiger partial charge is 0.493 e. The van der Waals surface area contributed by atoms with Crippen LogP contribution in [0, 0.1) is 5.92 Å². The number of ether oxygens (including phenoxy) is 3. The number of methoxy groups -OCH3 is 2. The Balaban J connectivity index is 1.88. The van der Waals surface area contributed by atoms with Crippen molar-refractivity contribution in [2.75, 3.05) is 27.8 Å². The van der Waals surface area contributed by atoms with Crippen molar-refractivity contribution in [2.45, 2.75) is 49.3 Å². The number of likely N-dealkylation sites (tertiary alicyclic amines) is 1. The molecule has 0 radical (unpaired) electrons. The van der Waals surface area contributed by atoms with Crippen LogP contribution in [0.2, 0.25) is 0 Å². The monoisotopic (exact) mass is 343 g/mol. The molecule has 1 saturated heterocycles. The van der Waals surface area contributed by atoms with Gasteiger partial charge in [0.1, 0.15) is 5.60 Å². The molecule has 1 saturated carbocycles. The second-order valence-corrected chi connectivity index (χ2v) is 8.12. The van der Waals surface area contributed by atoms with Crippen LogP contribution in [0.5, 0.6) is 11.5 Å². The number of ketones is 1. The summed E-state index contributed by atoms with van der Waals surface area (Å²) in [5.41, 5.74) is 1.67. The zero-order valence-corrected chi connectivity index (χ0v) is 15.3. The van der Waals surface area contributed by atoms with Gasteiger partial charge in [0.2, 0.25) is 0 Å². The molecule has 0 unspecified atom stereocenters. The van der Waals surface area contributed by atoms with Gasteiger partial charge in [0, 0.05) is 25.1 Å². The minimum Gasteiger partial charge on any atom is -0.493 e. The van der Waals surface area contributed by atoms with Gasteiger partial charge in [0.05, 0.1) is 12.5 Å². The van der Waals surface area contributed by atoms with Gasteiger partial charge in [-0.3, -0.25) is 4.79 Å². The lowest BCUT2D eigenvalue weighted by molar-refractivity contribution is -0.219. The van der Waals surface area contributed by atoms with Crippen molar-refractivity contribution in [3.05, 3.63) is 23.3 Å². The highest BCUT2D eigenvalue weighted by Crippen LogP contribution is 2.66. The third kappa shape index (κ3) is 1.48. The first-order chi connectivity index (χ1) is 12.0. The fourth-order valence-electron chi connectivity index (χ4n) is 6.58. The summed E-state index contributed by atoms with van der Waals surface area (Å²) in [7, 11) is 5.66. The van der Waals surface area contributed by atoms with Gasteiger partial charge >= 0.3 is 0 Å². The number of carbonyl (C=O) groups excluding carboxylic acids is 1. The number of hydrogen-bond acceptors (Lipinski definition) is 5. The second kappa shape index (κ2) is 4.77. The minimum absolute atomic E-state index is 0.155. The molecule has 25 heavy (non-hydrogen) atoms. The van der Waals surface area contributed by atoms with Gasteiger partial charge in [-0.1, -0.05) is 13.0 Å². The number of Topliss-reactive ketones (excluding diaryl/α,β-unsaturated/α-hetero) is 1. The van der Waals surface area contributed by atoms with E-state index in [4.69, 9.17) is 14.2 Å². The number of rotatable bonds is 2. The number of carbonyl (C=O) groups is 1. The Labute approximate surface area is 148 Å². The van der Waals surface area contributed by atoms with E-state index in [1.54, 1.807) is 7.11 Å². The molecule has 1 aromatic rings. The van der Waals surface area contributed by atoms with Gasteiger partial charge in [0.25, 0.3) is 0 Å². The number of hydrogen-bond donors (Lipinski definition) is 0. The maximum atomic E-state index is 13.0. The van der Waals surface area contributed by atoms with Crippen molar-refractivity contribution in [3.63, 3.8) is 0 Å². The Bertz CT molecular complexity index is 777. The van der Waals surface area contributed by atoms with Crippen LogP contribution in [0.3, 0.4) is 0 Å². The Hall–Kier alpha value is -1.59. The van der Waals surface area contributed by atoms with Crippen LogP contribution in [0.4, 0.5) is 0 Å². The zero-order chi connectivity index (χ0) is 17.6. The van der Waals surface area contributed by atoms with Crippen molar-refractivity contribution in [2.24, 2.45) is 5.92 Å². The standard InChI is InChI=1S/C20H25NO4/c1-11-9-13(22)18-19-7-8-21(2)15(20(11,19)24-4)10-12-5-6-14(23-3)17(25-18)16(12)19/h5-6,11,15,18H,7-10H2,1-4H3/t11-,15-,18+,19+,20-/m1/s1. The Morgan fingerprint density at radius 1 is 1.28 bits per heavy atom. The summed E-state index contributed by atoms with van der Waals surface area (Å²) in [5.74, 6) is 1.86. The molecule has 5 heteroatoms. The van der Waals surface area contributed by atoms with Crippen molar-refractivity contribution in [1.82, 2.24) is 4.90 Å². The smallest absolute Gasteiger partial charge is 0.174 e. The maximum Gasteiger partial charge on any atom is 0.174 e. The average Bonchev–Trinajstić information content (AvgIpc) is 2.96. The second-order valence-electron chi connectivity index (χ2n) is 8.12. The molecule has 5 atom stereocenters. The van der Waals surface area contributed by atoms with Gasteiger partial charge in [-0.05, 0) is 44.0 Å². The highest BCUT2D eigenvalue weighted by Gasteiger charge is 2.75. The fraction of sp³-hybridized carbons (Fsp3) is 0.650. The Kier molecular flexibility index (Phi) is 2.99. The first-order valence-electron chi connectivity index (χ1n) is 9.16. The summed E-state index contributed by atoms with van der Waals surface area (Å²) in [4.78, 5) is 15.5. The molecule has 0 aromatic heterocycles. The molecule has 0 amide bonds. The van der Waals surface area contributed by atoms with Crippen LogP contribution in [0.25, 0.3) is 0 Å². The predicted molar refractivity (Wildman–Crippen MR) is 92.4 cm³/mol. The van der Waals surface area contributed by atoms with E-state index >= 15 is 0 Å². The first-order valence-corrected chi connectivity index (χ1v) is 9.16. The number of benzene rings is 1. The summed E-state index contributed by atoms with van der Waals surface area (Å²) < 4.78 is 18.3. The number of nitrogens with zero attached hydrogens (tertiary/aromatic N) is 1. The molecule has 1 spiro atoms. The molecule has 2 fully saturated rings. The van der Waals surface area contributed by atoms with Gasteiger partial charge in [0.15, 0.2) is 23.4 Å². The molecular formula is C20H25NO4. The molecular weight excluding hydrogens is 318 g/mol. The highest BCUT2D eigenvalue weighted by molar-refractivity contribution is 5.90. The molecule has 5 rings (SSSR count). The molecule has 2 aliphatic heterocycles. The summed E-state index contributed by atoms with van der Waals surface area (Å²) in [6.45, 7) is 3.13. The molecule has 0 N–H and O–H groups in total. The van der Waals surface area contributed by atoms with E-state index in [0.717, 1.165) is 30.9 Å². The topological polar surface area (TPSA) is 48.0 Å². The van der Waals surface area contributed by atoms with E-state index in [2.05, 4.69) is 24.9 Å². The molecule has 134 valence electrons. The lowest BCUT2D eigenvalue weighted by Crippen LogP contribution is -2.79. The lowest BCUT2D eigenvalue weighted by atomic mass is 9.46. The molecule has 2 bridgehead atoms. The van der Waals surface area contributed by atoms with Crippen LogP contribution in [-0.2, 0) is 21.4 Å². The van der Waals surface area contributed by atoms with Gasteiger partial charge in [-0.15, -0.1) is 0 Å². The Morgan fingerprint density at radius 3 is 2.80 bits per heavy atom. The number of likely N-dealkylation sites (N-methyl/N-ethyl adjacent to an activating group) is 1. The Morgan fingerprint density at radius 2 is 2.08 bits per heavy atom. The van der Waals surface area contributed by atoms with Crippen molar-refractivity contribution in [3.8, 4) is 11.5 Å². The molecule has 5 nitrogen and oxygen atoms in total. The van der Waals surface area contributed by atoms with E-state index in [-0.39, 0.29) is 17.7 Å². The maximum absolute atomic E-state index is 13.0. The normalized spacial score (nSPS) is 41.3. The highest BCUT2D eigenvalue weighted by atomic mass is 16.5. The van der Waals surface area contributed by atoms with Crippen molar-refractivity contribution in [1.29, 1.82) is 0 Å². The average molecular weight is 343 g/mol. The fourth-order valence-corrected chi connectivity index (χ4v) is 6.58. The number of piperidine rings is 1. The van der Waals surface area contributed by atoms with Crippen LogP contribution in [0.1, 0.15) is 30.9 Å². The van der Waals surface area contributed by atoms with Crippen LogP contribution in [0.15, 0.2) is 12.1 Å². The van der Waals surface area contributed by atoms with Gasteiger partial charge < -0.3 is 19.1 Å². The third-order valence-corrected chi connectivity index (χ3v) is 7.42. The van der Waals surface area contributed by atoms with Crippen LogP contribution < -0.4 is 9.47 Å². The quantitative estimate of drug-likeness (QED) is 0.821. The molecule has 2 aliphatic carbocycles. The minimum atomic E-state index is -0.454. The van der Waals surface area contributed by atoms with E-state index in [1.165, 1.54) is 11.1 Å². The van der Waals surface area contributed by atoms with E-state index in [1.807, 2.05) is 13.2 Å². The van der Waals surface area contributed by atoms with E-state index in [9.17, 15) is 4.79 Å². The van der Waals surface area contributed by atoms with Gasteiger partial charge in [-0.25, -0.2) is 0 Å². The zero-order valence-electron chi connectivity index (χ0n) is 15.3. The summed E-state index contributed by atoms with van der Waals surface area (Å²) in [5, 5.41) is 0. The summed E-state index contributed by atoms with van der Waals surface area (Å²) >= 11 is 0. The van der Waals surface area contributed by atoms with Crippen molar-refractivity contribution >= 4 is 5.78 Å². The van der Waals surface area contributed by atoms with Gasteiger partial charge in [-0.2, -0.15) is 0 Å². The first kappa shape index (κ1) is 15.6. The molecule has 4 aliphatic rings. The SMILES string of the molecule is COc1ccc2c3c1O[C@H]1C(=O)C[C@@H](C)[C@@]4(OC)[C@@H](C2)N(C)CC[C@]314. The summed E-state index contributed by atoms with van der Waals surface area (Å²) in [6.07, 6.45) is 1.86. The van der Waals surface area contributed by atoms with Crippen molar-refractivity contribution < 1.29 is 19.0 Å². The predicted octanol–water partition coefficient (Wildman–Crippen LogP) is 1.95. The van der Waals surface area contributed by atoms with E-state index in [0.29, 0.717) is 6.42 Å².